The third kappa shape index (κ3) is 5.44. The molecular weight excluding hydrogens is 606 g/mol. The number of benzene rings is 4. The van der Waals surface area contributed by atoms with E-state index in [1.807, 2.05) is 84.9 Å². The lowest BCUT2D eigenvalue weighted by molar-refractivity contribution is -0.139. The lowest BCUT2D eigenvalue weighted by Gasteiger charge is -2.36. The Morgan fingerprint density at radius 1 is 0.958 bits per heavy atom. The van der Waals surface area contributed by atoms with Crippen LogP contribution in [0.15, 0.2) is 109 Å². The summed E-state index contributed by atoms with van der Waals surface area (Å²) in [7, 11) is 0. The predicted octanol–water partition coefficient (Wildman–Crippen LogP) is 5.01. The average molecular weight is 644 g/mol. The van der Waals surface area contributed by atoms with Gasteiger partial charge in [0.1, 0.15) is 5.75 Å². The van der Waals surface area contributed by atoms with E-state index in [9.17, 15) is 24.6 Å². The molecule has 3 heterocycles. The Kier molecular flexibility index (Phi) is 8.33. The Morgan fingerprint density at radius 2 is 1.69 bits per heavy atom. The second kappa shape index (κ2) is 12.7. The molecule has 4 aromatic rings. The summed E-state index contributed by atoms with van der Waals surface area (Å²) in [6, 6.07) is 29.7. The summed E-state index contributed by atoms with van der Waals surface area (Å²) in [5.41, 5.74) is 3.57. The van der Waals surface area contributed by atoms with Crippen molar-refractivity contribution in [2.24, 2.45) is 5.92 Å². The van der Waals surface area contributed by atoms with Crippen molar-refractivity contribution in [3.8, 4) is 5.75 Å². The van der Waals surface area contributed by atoms with Gasteiger partial charge in [-0.3, -0.25) is 19.3 Å². The van der Waals surface area contributed by atoms with Crippen LogP contribution in [0.25, 0.3) is 0 Å². The first-order chi connectivity index (χ1) is 23.3. The molecule has 2 N–H and O–H groups in total. The van der Waals surface area contributed by atoms with Crippen molar-refractivity contribution in [1.82, 2.24) is 4.90 Å². The largest absolute Gasteiger partial charge is 0.482 e. The molecule has 3 amide bonds. The lowest BCUT2D eigenvalue weighted by atomic mass is 9.83. The number of para-hydroxylation sites is 3. The molecule has 0 unspecified atom stereocenters. The van der Waals surface area contributed by atoms with E-state index in [1.54, 1.807) is 45.9 Å². The van der Waals surface area contributed by atoms with E-state index in [0.29, 0.717) is 41.3 Å². The van der Waals surface area contributed by atoms with Gasteiger partial charge in [0.05, 0.1) is 30.6 Å². The summed E-state index contributed by atoms with van der Waals surface area (Å²) in [5.74, 6) is -0.805. The van der Waals surface area contributed by atoms with Crippen LogP contribution in [0.2, 0.25) is 0 Å². The molecule has 0 radical (unpaired) electrons. The number of carbonyl (C=O) groups is 3. The van der Waals surface area contributed by atoms with Gasteiger partial charge in [0, 0.05) is 30.1 Å². The van der Waals surface area contributed by atoms with Crippen molar-refractivity contribution < 1.29 is 29.3 Å². The van der Waals surface area contributed by atoms with E-state index in [0.717, 1.165) is 16.7 Å². The number of hydrogen-bond donors (Lipinski definition) is 2. The van der Waals surface area contributed by atoms with Crippen LogP contribution in [0.1, 0.15) is 35.6 Å². The molecule has 0 fully saturated rings. The van der Waals surface area contributed by atoms with Crippen LogP contribution < -0.4 is 14.5 Å². The maximum atomic E-state index is 14.1. The van der Waals surface area contributed by atoms with Crippen LogP contribution in [0.4, 0.5) is 17.1 Å². The molecule has 3 atom stereocenters. The maximum absolute atomic E-state index is 14.1. The van der Waals surface area contributed by atoms with E-state index in [2.05, 4.69) is 0 Å². The molecular formula is C39H37N3O6. The number of fused-ring (bicyclic) bond motifs is 3. The molecule has 9 heteroatoms. The number of ether oxygens (including phenoxy) is 1. The van der Waals surface area contributed by atoms with Gasteiger partial charge in [0.15, 0.2) is 12.2 Å². The van der Waals surface area contributed by atoms with Crippen molar-refractivity contribution in [3.63, 3.8) is 0 Å². The highest BCUT2D eigenvalue weighted by atomic mass is 16.5. The Labute approximate surface area is 279 Å². The summed E-state index contributed by atoms with van der Waals surface area (Å²) in [4.78, 5) is 45.3. The van der Waals surface area contributed by atoms with Crippen LogP contribution in [0.3, 0.4) is 0 Å². The fourth-order valence-electron chi connectivity index (χ4n) is 7.09. The van der Waals surface area contributed by atoms with Crippen LogP contribution in [-0.2, 0) is 39.5 Å². The number of rotatable bonds is 8. The molecule has 48 heavy (non-hydrogen) atoms. The Bertz CT molecular complexity index is 1920. The zero-order valence-electron chi connectivity index (χ0n) is 26.7. The first-order valence-corrected chi connectivity index (χ1v) is 16.2. The van der Waals surface area contributed by atoms with Gasteiger partial charge in [-0.05, 0) is 53.4 Å². The van der Waals surface area contributed by atoms with Crippen molar-refractivity contribution in [2.75, 3.05) is 23.0 Å². The van der Waals surface area contributed by atoms with Crippen molar-refractivity contribution in [1.29, 1.82) is 0 Å². The highest BCUT2D eigenvalue weighted by Gasteiger charge is 2.52. The van der Waals surface area contributed by atoms with E-state index in [1.165, 1.54) is 0 Å². The normalized spacial score (nSPS) is 20.7. The molecule has 9 nitrogen and oxygen atoms in total. The van der Waals surface area contributed by atoms with Gasteiger partial charge in [0.2, 0.25) is 5.91 Å². The predicted molar refractivity (Wildman–Crippen MR) is 182 cm³/mol. The number of anilines is 3. The number of aliphatic hydroxyl groups is 2. The molecule has 0 aliphatic carbocycles. The van der Waals surface area contributed by atoms with Gasteiger partial charge >= 0.3 is 0 Å². The van der Waals surface area contributed by atoms with Gasteiger partial charge in [-0.25, -0.2) is 0 Å². The lowest BCUT2D eigenvalue weighted by Crippen LogP contribution is -2.46. The Morgan fingerprint density at radius 3 is 2.50 bits per heavy atom. The smallest absolute Gasteiger partial charge is 0.269 e. The molecule has 0 saturated carbocycles. The highest BCUT2D eigenvalue weighted by molar-refractivity contribution is 6.07. The topological polar surface area (TPSA) is 111 Å². The molecule has 3 aliphatic heterocycles. The number of hydrogen-bond acceptors (Lipinski definition) is 6. The Balaban J connectivity index is 1.09. The standard InChI is InChI=1S/C39H37N3O6/c1-26(10-8-19-36(44)40-23-29-13-3-2-12-28(29)21-31(40)24-43)39(47)32-15-4-5-16-33(32)41(38(39)46)22-27-11-9-14-30(20-27)42-34-17-6-7-18-35(34)48-25-37(42)45/h2-18,20,26,31,43,47H,19,21-25H2,1H3/b10-8+/t26-,31+,39+/m1/s1. The maximum Gasteiger partial charge on any atom is 0.269 e. The summed E-state index contributed by atoms with van der Waals surface area (Å²) in [6.07, 6.45) is 4.11. The summed E-state index contributed by atoms with van der Waals surface area (Å²) < 4.78 is 5.61. The number of aliphatic hydroxyl groups excluding tert-OH is 1. The van der Waals surface area contributed by atoms with Gasteiger partial charge in [0.25, 0.3) is 11.8 Å². The zero-order valence-corrected chi connectivity index (χ0v) is 26.7. The number of carbonyl (C=O) groups excluding carboxylic acids is 3. The Hall–Kier alpha value is -5.25. The van der Waals surface area contributed by atoms with Crippen molar-refractivity contribution in [2.45, 2.75) is 44.5 Å². The molecule has 0 bridgehead atoms. The molecule has 244 valence electrons. The van der Waals surface area contributed by atoms with Gasteiger partial charge in [-0.15, -0.1) is 0 Å². The monoisotopic (exact) mass is 643 g/mol. The third-order valence-electron chi connectivity index (χ3n) is 9.66. The van der Waals surface area contributed by atoms with E-state index in [-0.39, 0.29) is 44.0 Å². The molecule has 0 saturated heterocycles. The van der Waals surface area contributed by atoms with Crippen LogP contribution in [-0.4, -0.2) is 52.1 Å². The second-order valence-corrected chi connectivity index (χ2v) is 12.6. The third-order valence-corrected chi connectivity index (χ3v) is 9.66. The minimum atomic E-state index is -1.84. The van der Waals surface area contributed by atoms with Crippen molar-refractivity contribution >= 4 is 34.8 Å². The zero-order chi connectivity index (χ0) is 33.4. The van der Waals surface area contributed by atoms with E-state index < -0.39 is 17.4 Å². The first kappa shape index (κ1) is 31.4. The van der Waals surface area contributed by atoms with Crippen molar-refractivity contribution in [3.05, 3.63) is 131 Å². The fraction of sp³-hybridized carbons (Fsp3) is 0.256. The second-order valence-electron chi connectivity index (χ2n) is 12.6. The van der Waals surface area contributed by atoms with E-state index in [4.69, 9.17) is 4.74 Å². The van der Waals surface area contributed by atoms with Crippen LogP contribution >= 0.6 is 0 Å². The summed E-state index contributed by atoms with van der Waals surface area (Å²) in [6.45, 7) is 2.19. The quantitative estimate of drug-likeness (QED) is 0.262. The van der Waals surface area contributed by atoms with Gasteiger partial charge in [-0.1, -0.05) is 85.8 Å². The van der Waals surface area contributed by atoms with Gasteiger partial charge < -0.3 is 24.7 Å². The number of amides is 3. The number of nitrogens with zero attached hydrogens (tertiary/aromatic N) is 3. The molecule has 0 spiro atoms. The SMILES string of the molecule is C[C@H](/C=C/CC(=O)N1Cc2ccccc2C[C@H]1CO)[C@@]1(O)C(=O)N(Cc2cccc(N3C(=O)COc4ccccc43)c2)c2ccccc21. The summed E-state index contributed by atoms with van der Waals surface area (Å²) in [5, 5.41) is 22.1. The fourth-order valence-corrected chi connectivity index (χ4v) is 7.09. The minimum Gasteiger partial charge on any atom is -0.482 e. The summed E-state index contributed by atoms with van der Waals surface area (Å²) >= 11 is 0. The molecule has 3 aliphatic rings. The molecule has 7 rings (SSSR count). The highest BCUT2D eigenvalue weighted by Crippen LogP contribution is 2.46. The minimum absolute atomic E-state index is 0.0722. The van der Waals surface area contributed by atoms with Crippen LogP contribution in [0, 0.1) is 5.92 Å². The molecule has 0 aromatic heterocycles. The average Bonchev–Trinajstić information content (AvgIpc) is 3.33. The first-order valence-electron chi connectivity index (χ1n) is 16.2. The van der Waals surface area contributed by atoms with Crippen LogP contribution in [0.5, 0.6) is 5.75 Å². The van der Waals surface area contributed by atoms with E-state index >= 15 is 0 Å². The molecule has 4 aromatic carbocycles. The van der Waals surface area contributed by atoms with Gasteiger partial charge in [-0.2, -0.15) is 0 Å².